The fraction of sp³-hybridized carbons (Fsp3) is 0.417. The van der Waals surface area contributed by atoms with Crippen LogP contribution in [-0.2, 0) is 4.79 Å². The number of hydrogen-bond donors (Lipinski definition) is 2. The molecule has 0 aromatic carbocycles. The lowest BCUT2D eigenvalue weighted by atomic mass is 10.3. The molecule has 0 unspecified atom stereocenters. The number of aromatic nitrogens is 1. The fourth-order valence-electron chi connectivity index (χ4n) is 1.10. The van der Waals surface area contributed by atoms with E-state index in [9.17, 15) is 37.9 Å². The van der Waals surface area contributed by atoms with Crippen LogP contribution in [0.4, 0.5) is 33.1 Å². The van der Waals surface area contributed by atoms with Crippen LogP contribution in [0.25, 0.3) is 0 Å². The Morgan fingerprint density at radius 2 is 1.46 bits per heavy atom. The van der Waals surface area contributed by atoms with Gasteiger partial charge in [-0.1, -0.05) is 13.8 Å². The first-order valence-electron chi connectivity index (χ1n) is 6.43. The Kier molecular flexibility index (Phi) is 6.17. The van der Waals surface area contributed by atoms with Gasteiger partial charge >= 0.3 is 5.38 Å². The lowest BCUT2D eigenvalue weighted by Crippen LogP contribution is -2.41. The van der Waals surface area contributed by atoms with Gasteiger partial charge in [-0.15, -0.1) is 15.5 Å². The minimum atomic E-state index is -10.5. The molecule has 24 heavy (non-hydrogen) atoms. The van der Waals surface area contributed by atoms with Gasteiger partial charge in [0, 0.05) is 25.2 Å². The summed E-state index contributed by atoms with van der Waals surface area (Å²) in [6.07, 6.45) is 5.13. The predicted octanol–water partition coefficient (Wildman–Crippen LogP) is 6.01. The second-order valence-electron chi connectivity index (χ2n) is 4.43. The molecule has 0 fully saturated rings. The van der Waals surface area contributed by atoms with E-state index in [2.05, 4.69) is 4.98 Å². The molecule has 1 aromatic heterocycles. The maximum absolute atomic E-state index is 12.0. The Morgan fingerprint density at radius 1 is 1.04 bits per heavy atom. The van der Waals surface area contributed by atoms with Gasteiger partial charge in [0.05, 0.1) is 0 Å². The third-order valence-electron chi connectivity index (χ3n) is 2.59. The molecular formula is C12H16F8N2OS. The van der Waals surface area contributed by atoms with E-state index >= 15 is 0 Å². The van der Waals surface area contributed by atoms with Gasteiger partial charge in [-0.05, 0) is 12.1 Å². The lowest BCUT2D eigenvalue weighted by Gasteiger charge is -2.47. The maximum atomic E-state index is 12.0. The highest BCUT2D eigenvalue weighted by atomic mass is 32.5. The third kappa shape index (κ3) is 4.42. The molecule has 0 aliphatic carbocycles. The number of alkyl halides is 2. The number of hydrogen-bond acceptors (Lipinski definition) is 2. The molecule has 3 nitrogen and oxygen atoms in total. The Morgan fingerprint density at radius 3 is 1.54 bits per heavy atom. The lowest BCUT2D eigenvalue weighted by molar-refractivity contribution is -0.118. The van der Waals surface area contributed by atoms with Crippen LogP contribution in [0.5, 0.6) is 0 Å². The van der Waals surface area contributed by atoms with Gasteiger partial charge in [0.2, 0.25) is 5.95 Å². The van der Waals surface area contributed by atoms with Gasteiger partial charge in [0.25, 0.3) is 15.0 Å². The first-order chi connectivity index (χ1) is 10.6. The molecule has 2 heterocycles. The number of carbonyl (C=O) groups excluding carboxylic acids is 1. The summed E-state index contributed by atoms with van der Waals surface area (Å²) in [5.41, 5.74) is 0. The molecule has 12 heteroatoms. The number of carbonyl (C=O) groups is 1. The molecule has 0 amide bonds. The summed E-state index contributed by atoms with van der Waals surface area (Å²) >= 11 is 0. The maximum Gasteiger partial charge on any atom is 0.442 e. The average molecular weight is 388 g/mol. The summed E-state index contributed by atoms with van der Waals surface area (Å²) in [5.74, 6) is -2.70. The Balaban J connectivity index is 0.000000396. The smallest absolute Gasteiger partial charge is 0.368 e. The van der Waals surface area contributed by atoms with Gasteiger partial charge in [-0.2, -0.15) is 17.6 Å². The van der Waals surface area contributed by atoms with Crippen molar-refractivity contribution in [3.8, 4) is 0 Å². The van der Waals surface area contributed by atoms with Crippen LogP contribution >= 0.6 is 9.84 Å². The van der Waals surface area contributed by atoms with E-state index < -0.39 is 26.3 Å². The molecule has 0 saturated carbocycles. The topological polar surface area (TPSA) is 44.9 Å². The van der Waals surface area contributed by atoms with Gasteiger partial charge in [0.15, 0.2) is 0 Å². The van der Waals surface area contributed by atoms with Gasteiger partial charge in [-0.3, -0.25) is 10.1 Å². The Hall–Kier alpha value is -1.72. The molecular weight excluding hydrogens is 372 g/mol. The highest BCUT2D eigenvalue weighted by Crippen LogP contribution is 3.08. The molecule has 1 aromatic rings. The number of rotatable bonds is 2. The van der Waals surface area contributed by atoms with Crippen LogP contribution in [-0.4, -0.2) is 16.1 Å². The summed E-state index contributed by atoms with van der Waals surface area (Å²) < 4.78 is 95.6. The molecule has 142 valence electrons. The predicted molar refractivity (Wildman–Crippen MR) is 75.7 cm³/mol. The summed E-state index contributed by atoms with van der Waals surface area (Å²) in [4.78, 5) is 13.0. The quantitative estimate of drug-likeness (QED) is 0.481. The van der Waals surface area contributed by atoms with E-state index in [0.717, 1.165) is 0 Å². The van der Waals surface area contributed by atoms with E-state index in [4.69, 9.17) is 0 Å². The van der Waals surface area contributed by atoms with E-state index in [1.54, 1.807) is 0 Å². The monoisotopic (exact) mass is 388 g/mol. The second kappa shape index (κ2) is 6.65. The summed E-state index contributed by atoms with van der Waals surface area (Å²) in [6, 6.07) is 3.89. The van der Waals surface area contributed by atoms with Crippen molar-refractivity contribution in [2.24, 2.45) is 0 Å². The number of ketones is 1. The minimum Gasteiger partial charge on any atom is -0.368 e. The highest BCUT2D eigenvalue weighted by molar-refractivity contribution is 8.53. The first kappa shape index (κ1) is 22.3. The summed E-state index contributed by atoms with van der Waals surface area (Å²) in [6.45, 7) is 3.76. The van der Waals surface area contributed by atoms with Crippen LogP contribution in [0.15, 0.2) is 35.6 Å². The zero-order valence-electron chi connectivity index (χ0n) is 12.6. The molecule has 0 spiro atoms. The van der Waals surface area contributed by atoms with Crippen molar-refractivity contribution in [2.75, 3.05) is 0 Å². The van der Waals surface area contributed by atoms with Crippen molar-refractivity contribution >= 4 is 15.6 Å². The van der Waals surface area contributed by atoms with Crippen LogP contribution in [0.1, 0.15) is 26.7 Å². The van der Waals surface area contributed by atoms with E-state index in [1.807, 2.05) is 38.4 Å². The SMILES string of the molecule is CCC(=O)CC.FC1=C(F)S(F)(F)(F)(F)C(F)(F)N1.c1cc[nH]c1. The normalized spacial score (nSPS) is 24.4. The largest absolute Gasteiger partial charge is 0.442 e. The highest BCUT2D eigenvalue weighted by Gasteiger charge is 2.90. The first-order valence-corrected chi connectivity index (χ1v) is 8.49. The zero-order chi connectivity index (χ0) is 19.3. The van der Waals surface area contributed by atoms with E-state index in [-0.39, 0.29) is 5.32 Å². The minimum absolute atomic E-state index is 0.229. The van der Waals surface area contributed by atoms with E-state index in [0.29, 0.717) is 18.6 Å². The Labute approximate surface area is 132 Å². The molecule has 1 aliphatic rings. The van der Waals surface area contributed by atoms with Crippen molar-refractivity contribution < 1.29 is 37.9 Å². The van der Waals surface area contributed by atoms with Crippen LogP contribution < -0.4 is 5.32 Å². The van der Waals surface area contributed by atoms with Crippen molar-refractivity contribution in [3.63, 3.8) is 0 Å². The summed E-state index contributed by atoms with van der Waals surface area (Å²) in [5, 5.41) is -10.5. The fourth-order valence-corrected chi connectivity index (χ4v) is 2.03. The van der Waals surface area contributed by atoms with Gasteiger partial charge in [-0.25, -0.2) is 0 Å². The van der Waals surface area contributed by atoms with Gasteiger partial charge in [0.1, 0.15) is 5.78 Å². The second-order valence-corrected chi connectivity index (χ2v) is 7.44. The number of halogens is 8. The molecule has 2 rings (SSSR count). The molecule has 2 N–H and O–H groups in total. The van der Waals surface area contributed by atoms with Crippen LogP contribution in [0, 0.1) is 0 Å². The number of nitrogens with one attached hydrogen (secondary N) is 2. The van der Waals surface area contributed by atoms with Crippen LogP contribution in [0.3, 0.4) is 0 Å². The third-order valence-corrected chi connectivity index (χ3v) is 4.62. The Bertz CT molecular complexity index is 570. The van der Waals surface area contributed by atoms with Crippen molar-refractivity contribution in [2.45, 2.75) is 32.1 Å². The number of H-pyrrole nitrogens is 1. The molecule has 0 bridgehead atoms. The summed E-state index contributed by atoms with van der Waals surface area (Å²) in [7, 11) is -10.5. The van der Waals surface area contributed by atoms with Crippen molar-refractivity contribution in [1.29, 1.82) is 0 Å². The molecule has 0 atom stereocenters. The molecule has 0 radical (unpaired) electrons. The number of aromatic amines is 1. The van der Waals surface area contributed by atoms with E-state index in [1.165, 1.54) is 0 Å². The van der Waals surface area contributed by atoms with Crippen molar-refractivity contribution in [1.82, 2.24) is 10.3 Å². The number of Topliss-reactive ketones (excluding diaryl/α,β-unsaturated/α-hetero) is 1. The van der Waals surface area contributed by atoms with Crippen LogP contribution in [0.2, 0.25) is 0 Å². The standard InChI is InChI=1S/C5H10O.C4H5N.C3HF8NS/c1-3-5(6)4-2;1-2-4-5-3-1;4-1-2(5)13(8,9,10,11)3(6,7)12-1/h3-4H2,1-2H3;1-5H;12H. The van der Waals surface area contributed by atoms with Crippen molar-refractivity contribution in [3.05, 3.63) is 35.6 Å². The average Bonchev–Trinajstić information content (AvgIpc) is 3.05. The molecule has 0 saturated heterocycles. The zero-order valence-corrected chi connectivity index (χ0v) is 13.4. The molecule has 1 aliphatic heterocycles. The van der Waals surface area contributed by atoms with Gasteiger partial charge < -0.3 is 4.98 Å².